The van der Waals surface area contributed by atoms with Crippen LogP contribution in [-0.4, -0.2) is 47.3 Å². The number of nitrogens with zero attached hydrogens (tertiary/aromatic N) is 3. The number of carbonyl (C=O) groups excluding carboxylic acids is 3. The topological polar surface area (TPSA) is 79.8 Å². The van der Waals surface area contributed by atoms with Crippen LogP contribution in [0, 0.1) is 0 Å². The Balaban J connectivity index is 1.33. The summed E-state index contributed by atoms with van der Waals surface area (Å²) >= 11 is 1.50. The summed E-state index contributed by atoms with van der Waals surface area (Å²) in [5.41, 5.74) is 5.05. The van der Waals surface area contributed by atoms with Crippen molar-refractivity contribution in [3.63, 3.8) is 0 Å². The Hall–Kier alpha value is -3.52. The molecule has 5 rings (SSSR count). The molecular formula is C22H17N3O4S. The van der Waals surface area contributed by atoms with Crippen LogP contribution in [0.3, 0.4) is 0 Å². The highest BCUT2D eigenvalue weighted by atomic mass is 32.1. The van der Waals surface area contributed by atoms with E-state index in [0.29, 0.717) is 35.5 Å². The second kappa shape index (κ2) is 7.38. The summed E-state index contributed by atoms with van der Waals surface area (Å²) in [6, 6.07) is 12.5. The predicted molar refractivity (Wildman–Crippen MR) is 112 cm³/mol. The minimum absolute atomic E-state index is 0.0317. The SMILES string of the molecule is O=C1c2ccccc2C(=O)N1CCCN1C(=O)COc2ccc(-c3cscn3)cc21. The Bertz CT molecular complexity index is 1120. The molecule has 30 heavy (non-hydrogen) atoms. The molecule has 0 fully saturated rings. The molecule has 8 heteroatoms. The zero-order valence-corrected chi connectivity index (χ0v) is 16.7. The molecule has 2 aliphatic heterocycles. The van der Waals surface area contributed by atoms with Gasteiger partial charge in [0.2, 0.25) is 0 Å². The maximum absolute atomic E-state index is 12.5. The van der Waals surface area contributed by atoms with Crippen LogP contribution in [0.1, 0.15) is 27.1 Å². The van der Waals surface area contributed by atoms with Crippen LogP contribution in [0.4, 0.5) is 5.69 Å². The number of hydrogen-bond donors (Lipinski definition) is 0. The van der Waals surface area contributed by atoms with Gasteiger partial charge in [-0.2, -0.15) is 0 Å². The standard InChI is InChI=1S/C22H17N3O4S/c26-20-11-29-19-7-6-14(17-12-30-13-23-17)10-18(19)24(20)8-3-9-25-21(27)15-4-1-2-5-16(15)22(25)28/h1-2,4-7,10,12-13H,3,8-9,11H2. The van der Waals surface area contributed by atoms with Crippen molar-refractivity contribution < 1.29 is 19.1 Å². The van der Waals surface area contributed by atoms with Gasteiger partial charge in [0.25, 0.3) is 17.7 Å². The van der Waals surface area contributed by atoms with Crippen molar-refractivity contribution >= 4 is 34.7 Å². The first kappa shape index (κ1) is 18.5. The van der Waals surface area contributed by atoms with E-state index in [4.69, 9.17) is 4.74 Å². The molecule has 0 aliphatic carbocycles. The number of anilines is 1. The van der Waals surface area contributed by atoms with Gasteiger partial charge in [-0.3, -0.25) is 19.3 Å². The quantitative estimate of drug-likeness (QED) is 0.594. The minimum Gasteiger partial charge on any atom is -0.482 e. The lowest BCUT2D eigenvalue weighted by molar-refractivity contribution is -0.121. The van der Waals surface area contributed by atoms with E-state index < -0.39 is 0 Å². The van der Waals surface area contributed by atoms with Gasteiger partial charge in [0.15, 0.2) is 6.61 Å². The number of aromatic nitrogens is 1. The maximum Gasteiger partial charge on any atom is 0.265 e. The van der Waals surface area contributed by atoms with E-state index in [1.165, 1.54) is 16.2 Å². The number of amides is 3. The molecule has 0 atom stereocenters. The summed E-state index contributed by atoms with van der Waals surface area (Å²) in [5.74, 6) is -0.0835. The smallest absolute Gasteiger partial charge is 0.265 e. The van der Waals surface area contributed by atoms with Crippen LogP contribution in [0.5, 0.6) is 5.75 Å². The van der Waals surface area contributed by atoms with Crippen LogP contribution in [0.25, 0.3) is 11.3 Å². The van der Waals surface area contributed by atoms with Crippen molar-refractivity contribution in [2.75, 3.05) is 24.6 Å². The summed E-state index contributed by atoms with van der Waals surface area (Å²) < 4.78 is 5.57. The lowest BCUT2D eigenvalue weighted by Gasteiger charge is -2.30. The minimum atomic E-state index is -0.282. The molecule has 0 N–H and O–H groups in total. The maximum atomic E-state index is 12.5. The van der Waals surface area contributed by atoms with E-state index in [1.54, 1.807) is 34.7 Å². The fourth-order valence-electron chi connectivity index (χ4n) is 3.79. The molecule has 2 aromatic carbocycles. The molecule has 0 spiro atoms. The van der Waals surface area contributed by atoms with Gasteiger partial charge in [-0.1, -0.05) is 12.1 Å². The van der Waals surface area contributed by atoms with Gasteiger partial charge in [0.05, 0.1) is 28.0 Å². The van der Waals surface area contributed by atoms with Crippen molar-refractivity contribution in [1.29, 1.82) is 0 Å². The summed E-state index contributed by atoms with van der Waals surface area (Å²) in [4.78, 5) is 44.8. The van der Waals surface area contributed by atoms with Crippen LogP contribution in [0.15, 0.2) is 53.4 Å². The van der Waals surface area contributed by atoms with Gasteiger partial charge in [0, 0.05) is 24.0 Å². The van der Waals surface area contributed by atoms with E-state index >= 15 is 0 Å². The predicted octanol–water partition coefficient (Wildman–Crippen LogP) is 3.22. The van der Waals surface area contributed by atoms with Crippen molar-refractivity contribution in [2.45, 2.75) is 6.42 Å². The molecule has 7 nitrogen and oxygen atoms in total. The molecule has 0 saturated carbocycles. The average Bonchev–Trinajstić information content (AvgIpc) is 3.39. The number of rotatable bonds is 5. The first-order valence-electron chi connectivity index (χ1n) is 9.54. The lowest BCUT2D eigenvalue weighted by Crippen LogP contribution is -2.41. The van der Waals surface area contributed by atoms with Crippen LogP contribution in [-0.2, 0) is 4.79 Å². The van der Waals surface area contributed by atoms with Crippen molar-refractivity contribution in [1.82, 2.24) is 9.88 Å². The third kappa shape index (κ3) is 3.05. The molecule has 3 aromatic rings. The Morgan fingerprint density at radius 3 is 2.40 bits per heavy atom. The van der Waals surface area contributed by atoms with Crippen LogP contribution >= 0.6 is 11.3 Å². The van der Waals surface area contributed by atoms with E-state index in [9.17, 15) is 14.4 Å². The molecule has 2 aliphatic rings. The Morgan fingerprint density at radius 1 is 0.967 bits per heavy atom. The zero-order valence-electron chi connectivity index (χ0n) is 15.9. The Labute approximate surface area is 176 Å². The van der Waals surface area contributed by atoms with Gasteiger partial charge in [-0.05, 0) is 36.8 Å². The van der Waals surface area contributed by atoms with Gasteiger partial charge in [-0.15, -0.1) is 11.3 Å². The summed E-state index contributed by atoms with van der Waals surface area (Å²) in [6.07, 6.45) is 0.470. The van der Waals surface area contributed by atoms with E-state index in [2.05, 4.69) is 4.98 Å². The van der Waals surface area contributed by atoms with Crippen LogP contribution < -0.4 is 9.64 Å². The Morgan fingerprint density at radius 2 is 1.70 bits per heavy atom. The van der Waals surface area contributed by atoms with E-state index in [-0.39, 0.29) is 30.9 Å². The van der Waals surface area contributed by atoms with Gasteiger partial charge in [-0.25, -0.2) is 4.98 Å². The third-order valence-electron chi connectivity index (χ3n) is 5.27. The first-order valence-corrected chi connectivity index (χ1v) is 10.5. The zero-order chi connectivity index (χ0) is 20.7. The second-order valence-corrected chi connectivity index (χ2v) is 7.77. The van der Waals surface area contributed by atoms with Gasteiger partial charge >= 0.3 is 0 Å². The largest absolute Gasteiger partial charge is 0.482 e. The molecule has 0 unspecified atom stereocenters. The highest BCUT2D eigenvalue weighted by Crippen LogP contribution is 2.36. The molecule has 0 saturated heterocycles. The molecular weight excluding hydrogens is 402 g/mol. The van der Waals surface area contributed by atoms with Crippen molar-refractivity contribution in [2.24, 2.45) is 0 Å². The second-order valence-electron chi connectivity index (χ2n) is 7.05. The molecule has 0 bridgehead atoms. The number of benzene rings is 2. The number of fused-ring (bicyclic) bond motifs is 2. The third-order valence-corrected chi connectivity index (χ3v) is 5.86. The first-order chi connectivity index (χ1) is 14.6. The van der Waals surface area contributed by atoms with Gasteiger partial charge in [0.1, 0.15) is 5.75 Å². The number of imide groups is 1. The average molecular weight is 419 g/mol. The number of hydrogen-bond acceptors (Lipinski definition) is 6. The molecule has 3 amide bonds. The molecule has 150 valence electrons. The fourth-order valence-corrected chi connectivity index (χ4v) is 4.35. The summed E-state index contributed by atoms with van der Waals surface area (Å²) in [7, 11) is 0. The number of carbonyl (C=O) groups is 3. The normalized spacial score (nSPS) is 15.3. The van der Waals surface area contributed by atoms with Crippen molar-refractivity contribution in [3.05, 3.63) is 64.5 Å². The van der Waals surface area contributed by atoms with E-state index in [1.807, 2.05) is 23.6 Å². The highest BCUT2D eigenvalue weighted by molar-refractivity contribution is 7.07. The van der Waals surface area contributed by atoms with Crippen LogP contribution in [0.2, 0.25) is 0 Å². The summed E-state index contributed by atoms with van der Waals surface area (Å²) in [5, 5.41) is 1.94. The number of ether oxygens (including phenoxy) is 1. The fraction of sp³-hybridized carbons (Fsp3) is 0.182. The lowest BCUT2D eigenvalue weighted by atomic mass is 10.1. The molecule has 3 heterocycles. The van der Waals surface area contributed by atoms with Crippen molar-refractivity contribution in [3.8, 4) is 17.0 Å². The van der Waals surface area contributed by atoms with Gasteiger partial charge < -0.3 is 9.64 Å². The monoisotopic (exact) mass is 419 g/mol. The Kier molecular flexibility index (Phi) is 4.55. The summed E-state index contributed by atoms with van der Waals surface area (Å²) in [6.45, 7) is 0.595. The molecule has 1 aromatic heterocycles. The highest BCUT2D eigenvalue weighted by Gasteiger charge is 2.35. The number of thiazole rings is 1. The van der Waals surface area contributed by atoms with E-state index in [0.717, 1.165) is 11.3 Å². The molecule has 0 radical (unpaired) electrons.